The zero-order valence-electron chi connectivity index (χ0n) is 6.22. The van der Waals surface area contributed by atoms with Crippen molar-refractivity contribution in [2.45, 2.75) is 19.3 Å². The predicted molar refractivity (Wildman–Crippen MR) is 38.5 cm³/mol. The van der Waals surface area contributed by atoms with Gasteiger partial charge in [0.1, 0.15) is 0 Å². The first kappa shape index (κ1) is 7.32. The van der Waals surface area contributed by atoms with Crippen LogP contribution in [0.2, 0.25) is 0 Å². The zero-order valence-corrected chi connectivity index (χ0v) is 6.22. The van der Waals surface area contributed by atoms with Crippen molar-refractivity contribution < 1.29 is 9.53 Å². The number of methoxy groups -OCH3 is 1. The number of ether oxygens (including phenoxy) is 1. The summed E-state index contributed by atoms with van der Waals surface area (Å²) < 4.78 is 4.60. The van der Waals surface area contributed by atoms with Crippen LogP contribution in [0.5, 0.6) is 0 Å². The molecule has 0 radical (unpaired) electrons. The van der Waals surface area contributed by atoms with E-state index in [1.807, 2.05) is 0 Å². The lowest BCUT2D eigenvalue weighted by Crippen LogP contribution is -2.13. The summed E-state index contributed by atoms with van der Waals surface area (Å²) in [6, 6.07) is 0. The number of carbonyl (C=O) groups is 1. The van der Waals surface area contributed by atoms with Gasteiger partial charge >= 0.3 is 5.97 Å². The van der Waals surface area contributed by atoms with Crippen molar-refractivity contribution in [2.24, 2.45) is 5.92 Å². The summed E-state index contributed by atoms with van der Waals surface area (Å²) in [4.78, 5) is 10.9. The monoisotopic (exact) mass is 140 g/mol. The van der Waals surface area contributed by atoms with Gasteiger partial charge in [-0.1, -0.05) is 12.2 Å². The fourth-order valence-electron chi connectivity index (χ4n) is 1.34. The van der Waals surface area contributed by atoms with Crippen LogP contribution in [-0.4, -0.2) is 13.1 Å². The number of hydrogen-bond donors (Lipinski definition) is 0. The molecule has 0 spiro atoms. The largest absolute Gasteiger partial charge is 0.469 e. The van der Waals surface area contributed by atoms with Crippen molar-refractivity contribution in [3.63, 3.8) is 0 Å². The Morgan fingerprint density at radius 2 is 2.50 bits per heavy atom. The molecule has 0 N–H and O–H groups in total. The van der Waals surface area contributed by atoms with E-state index in [9.17, 15) is 4.79 Å². The van der Waals surface area contributed by atoms with E-state index in [0.29, 0.717) is 0 Å². The Labute approximate surface area is 60.9 Å². The molecule has 0 amide bonds. The molecule has 0 bridgehead atoms. The highest BCUT2D eigenvalue weighted by atomic mass is 16.5. The molecule has 10 heavy (non-hydrogen) atoms. The van der Waals surface area contributed by atoms with E-state index < -0.39 is 0 Å². The van der Waals surface area contributed by atoms with Crippen LogP contribution >= 0.6 is 0 Å². The smallest absolute Gasteiger partial charge is 0.312 e. The fourth-order valence-corrected chi connectivity index (χ4v) is 1.34. The van der Waals surface area contributed by atoms with Gasteiger partial charge < -0.3 is 4.74 Å². The molecule has 1 rings (SSSR count). The summed E-state index contributed by atoms with van der Waals surface area (Å²) in [5.41, 5.74) is 1.03. The van der Waals surface area contributed by atoms with Crippen LogP contribution in [0, 0.1) is 5.92 Å². The third kappa shape index (κ3) is 1.20. The van der Waals surface area contributed by atoms with E-state index in [0.717, 1.165) is 24.8 Å². The number of carbonyl (C=O) groups excluding carboxylic acids is 1. The maximum absolute atomic E-state index is 10.9. The standard InChI is InChI=1S/C8H12O2/c1-6-4-3-5-7(6)8(9)10-2/h7H,1,3-5H2,2H3. The van der Waals surface area contributed by atoms with Gasteiger partial charge in [-0.15, -0.1) is 0 Å². The van der Waals surface area contributed by atoms with Gasteiger partial charge in [0.05, 0.1) is 13.0 Å². The van der Waals surface area contributed by atoms with Gasteiger partial charge in [-0.3, -0.25) is 4.79 Å². The molecule has 0 heterocycles. The second-order valence-electron chi connectivity index (χ2n) is 2.63. The third-order valence-electron chi connectivity index (χ3n) is 1.97. The normalized spacial score (nSPS) is 24.9. The molecule has 0 aliphatic heterocycles. The number of esters is 1. The molecule has 1 atom stereocenters. The van der Waals surface area contributed by atoms with Gasteiger partial charge in [-0.25, -0.2) is 0 Å². The first-order chi connectivity index (χ1) is 4.75. The van der Waals surface area contributed by atoms with Gasteiger partial charge in [0.15, 0.2) is 0 Å². The quantitative estimate of drug-likeness (QED) is 0.407. The highest BCUT2D eigenvalue weighted by Crippen LogP contribution is 2.29. The van der Waals surface area contributed by atoms with Crippen LogP contribution in [0.3, 0.4) is 0 Å². The average Bonchev–Trinajstić information content (AvgIpc) is 2.34. The predicted octanol–water partition coefficient (Wildman–Crippen LogP) is 1.52. The Balaban J connectivity index is 2.55. The second-order valence-corrected chi connectivity index (χ2v) is 2.63. The Bertz CT molecular complexity index is 161. The molecular weight excluding hydrogens is 128 g/mol. The van der Waals surface area contributed by atoms with Crippen LogP contribution in [0.15, 0.2) is 12.2 Å². The van der Waals surface area contributed by atoms with Gasteiger partial charge in [-0.2, -0.15) is 0 Å². The van der Waals surface area contributed by atoms with Crippen molar-refractivity contribution >= 4 is 5.97 Å². The number of rotatable bonds is 1. The highest BCUT2D eigenvalue weighted by Gasteiger charge is 2.26. The molecule has 0 aromatic rings. The Hall–Kier alpha value is -0.790. The molecule has 1 aliphatic rings. The molecule has 2 heteroatoms. The lowest BCUT2D eigenvalue weighted by molar-refractivity contribution is -0.143. The Morgan fingerprint density at radius 3 is 2.90 bits per heavy atom. The van der Waals surface area contributed by atoms with Crippen LogP contribution in [0.4, 0.5) is 0 Å². The second kappa shape index (κ2) is 2.86. The molecule has 0 aromatic heterocycles. The molecule has 0 saturated heterocycles. The van der Waals surface area contributed by atoms with Crippen molar-refractivity contribution in [2.75, 3.05) is 7.11 Å². The molecular formula is C8H12O2. The lowest BCUT2D eigenvalue weighted by Gasteiger charge is -2.06. The Kier molecular flexibility index (Phi) is 2.10. The minimum atomic E-state index is -0.123. The zero-order chi connectivity index (χ0) is 7.56. The van der Waals surface area contributed by atoms with E-state index in [1.54, 1.807) is 0 Å². The topological polar surface area (TPSA) is 26.3 Å². The summed E-state index contributed by atoms with van der Waals surface area (Å²) in [6.07, 6.45) is 2.99. The Morgan fingerprint density at radius 1 is 1.80 bits per heavy atom. The first-order valence-electron chi connectivity index (χ1n) is 3.51. The summed E-state index contributed by atoms with van der Waals surface area (Å²) >= 11 is 0. The van der Waals surface area contributed by atoms with E-state index in [2.05, 4.69) is 11.3 Å². The molecule has 1 fully saturated rings. The summed E-state index contributed by atoms with van der Waals surface area (Å²) in [5, 5.41) is 0. The first-order valence-corrected chi connectivity index (χ1v) is 3.51. The minimum absolute atomic E-state index is 0.00926. The lowest BCUT2D eigenvalue weighted by atomic mass is 10.1. The van der Waals surface area contributed by atoms with Crippen molar-refractivity contribution in [1.82, 2.24) is 0 Å². The molecule has 1 unspecified atom stereocenters. The van der Waals surface area contributed by atoms with E-state index in [1.165, 1.54) is 7.11 Å². The number of hydrogen-bond acceptors (Lipinski definition) is 2. The average molecular weight is 140 g/mol. The summed E-state index contributed by atoms with van der Waals surface area (Å²) in [5.74, 6) is -0.132. The molecule has 56 valence electrons. The third-order valence-corrected chi connectivity index (χ3v) is 1.97. The molecule has 0 aromatic carbocycles. The SMILES string of the molecule is C=C1CCCC1C(=O)OC. The van der Waals surface area contributed by atoms with Gasteiger partial charge in [0, 0.05) is 0 Å². The van der Waals surface area contributed by atoms with Crippen LogP contribution in [0.25, 0.3) is 0 Å². The van der Waals surface area contributed by atoms with Gasteiger partial charge in [-0.05, 0) is 19.3 Å². The fraction of sp³-hybridized carbons (Fsp3) is 0.625. The van der Waals surface area contributed by atoms with Crippen molar-refractivity contribution in [1.29, 1.82) is 0 Å². The maximum atomic E-state index is 10.9. The molecule has 1 saturated carbocycles. The van der Waals surface area contributed by atoms with E-state index >= 15 is 0 Å². The molecule has 1 aliphatic carbocycles. The van der Waals surface area contributed by atoms with Crippen molar-refractivity contribution in [3.05, 3.63) is 12.2 Å². The van der Waals surface area contributed by atoms with E-state index in [-0.39, 0.29) is 11.9 Å². The van der Waals surface area contributed by atoms with Crippen LogP contribution < -0.4 is 0 Å². The van der Waals surface area contributed by atoms with Crippen molar-refractivity contribution in [3.8, 4) is 0 Å². The maximum Gasteiger partial charge on any atom is 0.312 e. The minimum Gasteiger partial charge on any atom is -0.469 e. The highest BCUT2D eigenvalue weighted by molar-refractivity contribution is 5.76. The van der Waals surface area contributed by atoms with E-state index in [4.69, 9.17) is 0 Å². The van der Waals surface area contributed by atoms with Gasteiger partial charge in [0.25, 0.3) is 0 Å². The summed E-state index contributed by atoms with van der Waals surface area (Å²) in [7, 11) is 1.42. The molecule has 2 nitrogen and oxygen atoms in total. The van der Waals surface area contributed by atoms with Crippen LogP contribution in [0.1, 0.15) is 19.3 Å². The van der Waals surface area contributed by atoms with Gasteiger partial charge in [0.2, 0.25) is 0 Å². The van der Waals surface area contributed by atoms with Crippen LogP contribution in [-0.2, 0) is 9.53 Å². The summed E-state index contributed by atoms with van der Waals surface area (Å²) in [6.45, 7) is 3.80.